The van der Waals surface area contributed by atoms with Gasteiger partial charge in [-0.05, 0) is 32.8 Å². The van der Waals surface area contributed by atoms with E-state index in [1.807, 2.05) is 0 Å². The molecule has 0 bridgehead atoms. The molecule has 0 aliphatic rings. The monoisotopic (exact) mass is 292 g/mol. The molecular weight excluding hydrogens is 272 g/mol. The summed E-state index contributed by atoms with van der Waals surface area (Å²) in [4.78, 5) is 11.3. The molecule has 114 valence electrons. The van der Waals surface area contributed by atoms with Crippen LogP contribution in [-0.4, -0.2) is 35.6 Å². The lowest BCUT2D eigenvalue weighted by molar-refractivity contribution is 0.0535. The van der Waals surface area contributed by atoms with E-state index in [2.05, 4.69) is 22.5 Å². The maximum Gasteiger partial charge on any atom is 0.408 e. The van der Waals surface area contributed by atoms with Gasteiger partial charge in [-0.2, -0.15) is 0 Å². The summed E-state index contributed by atoms with van der Waals surface area (Å²) in [5.74, 6) is 4.39. The lowest BCUT2D eigenvalue weighted by Gasteiger charge is -2.18. The first-order valence-electron chi connectivity index (χ1n) is 6.02. The molecule has 8 heteroatoms. The minimum absolute atomic E-state index is 0.0233. The van der Waals surface area contributed by atoms with Crippen molar-refractivity contribution in [1.82, 2.24) is 10.6 Å². The van der Waals surface area contributed by atoms with E-state index in [0.717, 1.165) is 0 Å². The fourth-order valence-corrected chi connectivity index (χ4v) is 0.898. The molecule has 0 saturated heterocycles. The summed E-state index contributed by atoms with van der Waals surface area (Å²) in [5, 5.41) is 26.4. The Morgan fingerprint density at radius 2 is 1.95 bits per heavy atom. The quantitative estimate of drug-likeness (QED) is 0.256. The second-order valence-corrected chi connectivity index (χ2v) is 4.84. The molecule has 0 radical (unpaired) electrons. The number of hydrogen-bond donors (Lipinski definition) is 6. The molecule has 0 aliphatic heterocycles. The number of ether oxygens (including phenoxy) is 1. The van der Waals surface area contributed by atoms with Gasteiger partial charge in [-0.3, -0.25) is 16.2 Å². The molecule has 0 spiro atoms. The van der Waals surface area contributed by atoms with Crippen LogP contribution in [-0.2, 0) is 4.74 Å². The first-order valence-corrected chi connectivity index (χ1v) is 6.02. The van der Waals surface area contributed by atoms with Gasteiger partial charge in [-0.1, -0.05) is 5.92 Å². The number of amidine groups is 2. The summed E-state index contributed by atoms with van der Waals surface area (Å²) in [6, 6.07) is 0. The van der Waals surface area contributed by atoms with Crippen LogP contribution in [0.5, 0.6) is 0 Å². The highest BCUT2D eigenvalue weighted by atomic mass is 16.6. The third-order valence-electron chi connectivity index (χ3n) is 1.69. The van der Waals surface area contributed by atoms with Crippen LogP contribution in [0.4, 0.5) is 4.79 Å². The smallest absolute Gasteiger partial charge is 0.408 e. The molecule has 0 aromatic rings. The van der Waals surface area contributed by atoms with Crippen LogP contribution in [0.25, 0.3) is 0 Å². The maximum atomic E-state index is 11.3. The molecule has 0 heterocycles. The predicted octanol–water partition coefficient (Wildman–Crippen LogP) is 0.551. The Morgan fingerprint density at radius 3 is 2.48 bits per heavy atom. The van der Waals surface area contributed by atoms with Gasteiger partial charge in [0.05, 0.1) is 6.54 Å². The molecule has 0 aliphatic carbocycles. The van der Waals surface area contributed by atoms with Crippen LogP contribution in [0.15, 0.2) is 12.3 Å². The molecule has 0 aromatic carbocycles. The average Bonchev–Trinajstić information content (AvgIpc) is 2.32. The van der Waals surface area contributed by atoms with E-state index in [-0.39, 0.29) is 18.1 Å². The summed E-state index contributed by atoms with van der Waals surface area (Å²) in [7, 11) is 0. The predicted molar refractivity (Wildman–Crippen MR) is 81.7 cm³/mol. The summed E-state index contributed by atoms with van der Waals surface area (Å²) >= 11 is 0. The van der Waals surface area contributed by atoms with Crippen molar-refractivity contribution in [3.63, 3.8) is 0 Å². The average molecular weight is 292 g/mol. The molecule has 21 heavy (non-hydrogen) atoms. The van der Waals surface area contributed by atoms with Crippen LogP contribution in [0, 0.1) is 28.1 Å². The second kappa shape index (κ2) is 8.37. The number of amides is 1. The highest BCUT2D eigenvalue weighted by Gasteiger charge is 2.14. The summed E-state index contributed by atoms with van der Waals surface area (Å²) in [5.41, 5.74) is 4.46. The number of alkyl carbamates (subject to hydrolysis) is 1. The fourth-order valence-electron chi connectivity index (χ4n) is 0.898. The van der Waals surface area contributed by atoms with Gasteiger partial charge in [-0.25, -0.2) is 4.79 Å². The van der Waals surface area contributed by atoms with Crippen LogP contribution >= 0.6 is 0 Å². The van der Waals surface area contributed by atoms with Gasteiger partial charge in [0, 0.05) is 6.20 Å². The number of rotatable bonds is 3. The topological polar surface area (TPSA) is 148 Å². The summed E-state index contributed by atoms with van der Waals surface area (Å²) in [6.07, 6.45) is 2.01. The number of nitrogens with two attached hydrogens (primary N) is 1. The molecule has 1 amide bonds. The molecule has 7 N–H and O–H groups in total. The van der Waals surface area contributed by atoms with Crippen LogP contribution in [0.2, 0.25) is 0 Å². The largest absolute Gasteiger partial charge is 0.444 e. The lowest BCUT2D eigenvalue weighted by Crippen LogP contribution is -2.32. The van der Waals surface area contributed by atoms with Crippen molar-refractivity contribution in [2.45, 2.75) is 26.4 Å². The third kappa shape index (κ3) is 10.8. The van der Waals surface area contributed by atoms with Crippen molar-refractivity contribution in [2.24, 2.45) is 5.73 Å². The zero-order valence-electron chi connectivity index (χ0n) is 12.3. The van der Waals surface area contributed by atoms with Crippen molar-refractivity contribution in [3.8, 4) is 11.8 Å². The van der Waals surface area contributed by atoms with Gasteiger partial charge in [0.25, 0.3) is 0 Å². The Balaban J connectivity index is 4.09. The molecule has 0 atom stereocenters. The van der Waals surface area contributed by atoms with Gasteiger partial charge >= 0.3 is 6.09 Å². The number of hydrogen-bond acceptors (Lipinski definition) is 5. The molecule has 8 nitrogen and oxygen atoms in total. The zero-order chi connectivity index (χ0) is 16.5. The van der Waals surface area contributed by atoms with Gasteiger partial charge in [0.1, 0.15) is 11.3 Å². The van der Waals surface area contributed by atoms with Crippen molar-refractivity contribution < 1.29 is 9.53 Å². The minimum atomic E-state index is -0.574. The lowest BCUT2D eigenvalue weighted by atomic mass is 10.2. The summed E-state index contributed by atoms with van der Waals surface area (Å²) < 4.78 is 5.01. The highest BCUT2D eigenvalue weighted by molar-refractivity contribution is 6.37. The maximum absolute atomic E-state index is 11.3. The molecule has 0 fully saturated rings. The standard InChI is InChI=1S/C13H20N6O2/c1-13(2,3)21-12(20)19-7-4-5-9(14)6-8-18-11(17)10(15)16/h6,8,14H,7H2,1-3H3,(H3,15,16)(H2,17,18)(H,19,20)/b8-6-,14-9?. The second-order valence-electron chi connectivity index (χ2n) is 4.84. The number of carbonyl (C=O) groups is 1. The Morgan fingerprint density at radius 1 is 1.33 bits per heavy atom. The number of allylic oxidation sites excluding steroid dienone is 1. The van der Waals surface area contributed by atoms with Crippen molar-refractivity contribution in [3.05, 3.63) is 12.3 Å². The molecule has 0 unspecified atom stereocenters. The Hall–Kier alpha value is -2.82. The first kappa shape index (κ1) is 18.2. The van der Waals surface area contributed by atoms with E-state index in [0.29, 0.717) is 0 Å². The Kier molecular flexibility index (Phi) is 7.25. The molecule has 0 rings (SSSR count). The number of carbonyl (C=O) groups excluding carboxylic acids is 1. The fraction of sp³-hybridized carbons (Fsp3) is 0.385. The van der Waals surface area contributed by atoms with Gasteiger partial charge < -0.3 is 21.1 Å². The molecule has 0 saturated carbocycles. The van der Waals surface area contributed by atoms with E-state index in [4.69, 9.17) is 26.7 Å². The third-order valence-corrected chi connectivity index (χ3v) is 1.69. The first-order chi connectivity index (χ1) is 9.61. The van der Waals surface area contributed by atoms with Crippen molar-refractivity contribution >= 4 is 23.5 Å². The Bertz CT molecular complexity index is 519. The highest BCUT2D eigenvalue weighted by Crippen LogP contribution is 2.05. The van der Waals surface area contributed by atoms with Crippen LogP contribution < -0.4 is 16.4 Å². The van der Waals surface area contributed by atoms with Gasteiger partial charge in [-0.15, -0.1) is 0 Å². The van der Waals surface area contributed by atoms with E-state index in [1.54, 1.807) is 20.8 Å². The summed E-state index contributed by atoms with van der Waals surface area (Å²) in [6.45, 7) is 5.32. The normalized spacial score (nSPS) is 10.2. The van der Waals surface area contributed by atoms with Gasteiger partial charge in [0.2, 0.25) is 0 Å². The number of nitrogens with one attached hydrogen (secondary N) is 5. The van der Waals surface area contributed by atoms with E-state index in [1.165, 1.54) is 12.3 Å². The molecule has 0 aromatic heterocycles. The minimum Gasteiger partial charge on any atom is -0.444 e. The van der Waals surface area contributed by atoms with Crippen LogP contribution in [0.3, 0.4) is 0 Å². The van der Waals surface area contributed by atoms with Crippen molar-refractivity contribution in [2.75, 3.05) is 6.54 Å². The molecular formula is C13H20N6O2. The zero-order valence-corrected chi connectivity index (χ0v) is 12.3. The van der Waals surface area contributed by atoms with E-state index >= 15 is 0 Å². The van der Waals surface area contributed by atoms with Gasteiger partial charge in [0.15, 0.2) is 11.7 Å². The Labute approximate surface area is 123 Å². The van der Waals surface area contributed by atoms with Crippen molar-refractivity contribution in [1.29, 1.82) is 16.2 Å². The van der Waals surface area contributed by atoms with Crippen LogP contribution in [0.1, 0.15) is 20.8 Å². The SMILES string of the molecule is CC(C)(C)OC(=O)NCC#CC(=N)/C=C\NC(=N)C(=N)N. The van der Waals surface area contributed by atoms with E-state index in [9.17, 15) is 4.79 Å². The van der Waals surface area contributed by atoms with E-state index < -0.39 is 17.5 Å².